The summed E-state index contributed by atoms with van der Waals surface area (Å²) in [7, 11) is 0. The molecule has 2 atom stereocenters. The lowest BCUT2D eigenvalue weighted by atomic mass is 10.1. The molecule has 3 heteroatoms. The van der Waals surface area contributed by atoms with Crippen LogP contribution in [0.15, 0.2) is 22.7 Å². The van der Waals surface area contributed by atoms with Gasteiger partial charge in [0.05, 0.1) is 0 Å². The monoisotopic (exact) mass is 293 g/mol. The zero-order valence-corrected chi connectivity index (χ0v) is 11.5. The molecule has 0 amide bonds. The van der Waals surface area contributed by atoms with E-state index in [9.17, 15) is 4.79 Å². The lowest BCUT2D eigenvalue weighted by molar-refractivity contribution is 0.101. The van der Waals surface area contributed by atoms with Gasteiger partial charge in [-0.2, -0.15) is 0 Å². The van der Waals surface area contributed by atoms with Gasteiger partial charge in [0.25, 0.3) is 0 Å². The Balaban J connectivity index is 2.00. The van der Waals surface area contributed by atoms with Gasteiger partial charge in [-0.3, -0.25) is 4.79 Å². The summed E-state index contributed by atoms with van der Waals surface area (Å²) in [5, 5.41) is 0. The second-order valence-corrected chi connectivity index (χ2v) is 6.12. The Morgan fingerprint density at radius 2 is 2.24 bits per heavy atom. The number of hydrogen-bond acceptors (Lipinski definition) is 2. The van der Waals surface area contributed by atoms with Crippen molar-refractivity contribution in [1.29, 1.82) is 0 Å². The molecule has 17 heavy (non-hydrogen) atoms. The number of carbonyl (C=O) groups excluding carboxylic acids is 1. The van der Waals surface area contributed by atoms with Gasteiger partial charge in [-0.15, -0.1) is 0 Å². The molecule has 2 aliphatic rings. The molecule has 1 saturated heterocycles. The standard InChI is InChI=1S/C14H16BrNO/c1-9(17)13-7-11(15)3-5-14(13)16-8-10-2-4-12(16)6-10/h3,5,7,10,12H,2,4,6,8H2,1H3. The normalized spacial score (nSPS) is 26.6. The van der Waals surface area contributed by atoms with Crippen LogP contribution in [-0.2, 0) is 0 Å². The smallest absolute Gasteiger partial charge is 0.161 e. The molecular weight excluding hydrogens is 278 g/mol. The molecule has 0 spiro atoms. The van der Waals surface area contributed by atoms with Gasteiger partial charge in [-0.25, -0.2) is 0 Å². The van der Waals surface area contributed by atoms with Crippen molar-refractivity contribution in [3.63, 3.8) is 0 Å². The highest BCUT2D eigenvalue weighted by Crippen LogP contribution is 2.41. The van der Waals surface area contributed by atoms with Gasteiger partial charge in [0.2, 0.25) is 0 Å². The highest BCUT2D eigenvalue weighted by Gasteiger charge is 2.38. The predicted molar refractivity (Wildman–Crippen MR) is 72.6 cm³/mol. The first-order valence-electron chi connectivity index (χ1n) is 6.22. The Kier molecular flexibility index (Phi) is 2.74. The van der Waals surface area contributed by atoms with E-state index < -0.39 is 0 Å². The topological polar surface area (TPSA) is 20.3 Å². The van der Waals surface area contributed by atoms with Crippen LogP contribution in [0.1, 0.15) is 36.5 Å². The quantitative estimate of drug-likeness (QED) is 0.776. The molecule has 90 valence electrons. The maximum atomic E-state index is 11.7. The Hall–Kier alpha value is -0.830. The number of piperidine rings is 1. The molecule has 2 fully saturated rings. The van der Waals surface area contributed by atoms with E-state index in [4.69, 9.17) is 0 Å². The van der Waals surface area contributed by atoms with Gasteiger partial charge in [-0.05, 0) is 50.3 Å². The maximum Gasteiger partial charge on any atom is 0.161 e. The molecule has 1 aliphatic carbocycles. The van der Waals surface area contributed by atoms with Gasteiger partial charge < -0.3 is 4.90 Å². The van der Waals surface area contributed by atoms with Crippen LogP contribution >= 0.6 is 15.9 Å². The molecular formula is C14H16BrNO. The fourth-order valence-electron chi connectivity index (χ4n) is 3.26. The van der Waals surface area contributed by atoms with Gasteiger partial charge >= 0.3 is 0 Å². The Labute approximate surface area is 110 Å². The molecule has 1 heterocycles. The van der Waals surface area contributed by atoms with Gasteiger partial charge in [0, 0.05) is 28.3 Å². The molecule has 1 aromatic carbocycles. The number of benzene rings is 1. The SMILES string of the molecule is CC(=O)c1cc(Br)ccc1N1CC2CCC1C2. The molecule has 2 bridgehead atoms. The van der Waals surface area contributed by atoms with Crippen LogP contribution < -0.4 is 4.90 Å². The number of fused-ring (bicyclic) bond motifs is 2. The molecule has 1 saturated carbocycles. The van der Waals surface area contributed by atoms with Gasteiger partial charge in [-0.1, -0.05) is 15.9 Å². The first kappa shape index (κ1) is 11.3. The van der Waals surface area contributed by atoms with E-state index in [1.54, 1.807) is 6.92 Å². The van der Waals surface area contributed by atoms with Crippen LogP contribution in [0.5, 0.6) is 0 Å². The summed E-state index contributed by atoms with van der Waals surface area (Å²) >= 11 is 3.44. The van der Waals surface area contributed by atoms with Crippen molar-refractivity contribution in [2.75, 3.05) is 11.4 Å². The largest absolute Gasteiger partial charge is 0.368 e. The van der Waals surface area contributed by atoms with E-state index in [0.717, 1.165) is 28.2 Å². The van der Waals surface area contributed by atoms with Gasteiger partial charge in [0.15, 0.2) is 5.78 Å². The van der Waals surface area contributed by atoms with Crippen molar-refractivity contribution in [3.05, 3.63) is 28.2 Å². The molecule has 0 radical (unpaired) electrons. The third kappa shape index (κ3) is 1.90. The summed E-state index contributed by atoms with van der Waals surface area (Å²) < 4.78 is 0.982. The first-order chi connectivity index (χ1) is 8.15. The number of ketones is 1. The van der Waals surface area contributed by atoms with Gasteiger partial charge in [0.1, 0.15) is 0 Å². The number of nitrogens with zero attached hydrogens (tertiary/aromatic N) is 1. The third-order valence-electron chi connectivity index (χ3n) is 4.06. The van der Waals surface area contributed by atoms with Crippen molar-refractivity contribution >= 4 is 27.4 Å². The minimum absolute atomic E-state index is 0.157. The summed E-state index contributed by atoms with van der Waals surface area (Å²) in [5.41, 5.74) is 1.99. The summed E-state index contributed by atoms with van der Waals surface area (Å²) in [6.45, 7) is 2.78. The summed E-state index contributed by atoms with van der Waals surface area (Å²) in [4.78, 5) is 14.2. The number of Topliss-reactive ketones (excluding diaryl/α,β-unsaturated/α-hetero) is 1. The van der Waals surface area contributed by atoms with Crippen molar-refractivity contribution in [2.24, 2.45) is 5.92 Å². The fourth-order valence-corrected chi connectivity index (χ4v) is 3.62. The Morgan fingerprint density at radius 3 is 2.82 bits per heavy atom. The van der Waals surface area contributed by atoms with Crippen molar-refractivity contribution in [1.82, 2.24) is 0 Å². The molecule has 1 aromatic rings. The zero-order valence-electron chi connectivity index (χ0n) is 9.95. The number of rotatable bonds is 2. The summed E-state index contributed by atoms with van der Waals surface area (Å²) in [6, 6.07) is 6.73. The lowest BCUT2D eigenvalue weighted by Crippen LogP contribution is -2.32. The van der Waals surface area contributed by atoms with E-state index in [1.807, 2.05) is 12.1 Å². The molecule has 0 N–H and O–H groups in total. The van der Waals surface area contributed by atoms with Crippen molar-refractivity contribution in [3.8, 4) is 0 Å². The lowest BCUT2D eigenvalue weighted by Gasteiger charge is -2.30. The minimum Gasteiger partial charge on any atom is -0.368 e. The number of anilines is 1. The summed E-state index contributed by atoms with van der Waals surface area (Å²) in [6.07, 6.45) is 3.97. The molecule has 0 aromatic heterocycles. The third-order valence-corrected chi connectivity index (χ3v) is 4.55. The number of hydrogen-bond donors (Lipinski definition) is 0. The zero-order chi connectivity index (χ0) is 12.0. The highest BCUT2D eigenvalue weighted by atomic mass is 79.9. The van der Waals surface area contributed by atoms with E-state index in [0.29, 0.717) is 6.04 Å². The van der Waals surface area contributed by atoms with Crippen LogP contribution in [0.2, 0.25) is 0 Å². The van der Waals surface area contributed by atoms with Crippen LogP contribution in [0, 0.1) is 5.92 Å². The first-order valence-corrected chi connectivity index (χ1v) is 7.01. The maximum absolute atomic E-state index is 11.7. The Morgan fingerprint density at radius 1 is 1.41 bits per heavy atom. The fraction of sp³-hybridized carbons (Fsp3) is 0.500. The van der Waals surface area contributed by atoms with E-state index in [1.165, 1.54) is 19.3 Å². The molecule has 1 aliphatic heterocycles. The van der Waals surface area contributed by atoms with Crippen molar-refractivity contribution < 1.29 is 4.79 Å². The highest BCUT2D eigenvalue weighted by molar-refractivity contribution is 9.10. The molecule has 2 nitrogen and oxygen atoms in total. The number of carbonyl (C=O) groups is 1. The minimum atomic E-state index is 0.157. The van der Waals surface area contributed by atoms with Crippen LogP contribution in [0.4, 0.5) is 5.69 Å². The number of halogens is 1. The average Bonchev–Trinajstić information content (AvgIpc) is 2.90. The van der Waals surface area contributed by atoms with E-state index >= 15 is 0 Å². The second-order valence-electron chi connectivity index (χ2n) is 5.20. The molecule has 2 unspecified atom stereocenters. The van der Waals surface area contributed by atoms with Crippen molar-refractivity contribution in [2.45, 2.75) is 32.2 Å². The average molecular weight is 294 g/mol. The van der Waals surface area contributed by atoms with Crippen LogP contribution in [0.25, 0.3) is 0 Å². The van der Waals surface area contributed by atoms with E-state index in [2.05, 4.69) is 26.9 Å². The van der Waals surface area contributed by atoms with Crippen LogP contribution in [0.3, 0.4) is 0 Å². The second kappa shape index (κ2) is 4.13. The van der Waals surface area contributed by atoms with Crippen LogP contribution in [-0.4, -0.2) is 18.4 Å². The summed E-state index contributed by atoms with van der Waals surface area (Å²) in [5.74, 6) is 1.01. The molecule has 3 rings (SSSR count). The predicted octanol–water partition coefficient (Wildman–Crippen LogP) is 3.64. The van der Waals surface area contributed by atoms with E-state index in [-0.39, 0.29) is 5.78 Å². The Bertz CT molecular complexity index is 471.